The Morgan fingerprint density at radius 2 is 2.07 bits per heavy atom. The van der Waals surface area contributed by atoms with Crippen LogP contribution in [0.15, 0.2) is 0 Å². The van der Waals surface area contributed by atoms with Gasteiger partial charge in [0.25, 0.3) is 0 Å². The van der Waals surface area contributed by atoms with Gasteiger partial charge in [-0.05, 0) is 20.3 Å². The summed E-state index contributed by atoms with van der Waals surface area (Å²) in [7, 11) is 0. The first-order valence-corrected chi connectivity index (χ1v) is 4.96. The SMILES string of the molecule is CCCCN(OC(=O)NC(C)C)C(=O)O. The molecule has 0 atom stereocenters. The van der Waals surface area contributed by atoms with Crippen LogP contribution in [0.3, 0.4) is 0 Å². The second kappa shape index (κ2) is 6.92. The van der Waals surface area contributed by atoms with E-state index in [0.717, 1.165) is 6.42 Å². The smallest absolute Gasteiger partial charge is 0.440 e. The number of unbranched alkanes of at least 4 members (excludes halogenated alkanes) is 1. The van der Waals surface area contributed by atoms with Crippen molar-refractivity contribution in [2.24, 2.45) is 0 Å². The van der Waals surface area contributed by atoms with E-state index < -0.39 is 12.2 Å². The van der Waals surface area contributed by atoms with Gasteiger partial charge in [-0.15, -0.1) is 5.06 Å². The Kier molecular flexibility index (Phi) is 6.24. The molecule has 0 aliphatic heterocycles. The Morgan fingerprint density at radius 3 is 2.47 bits per heavy atom. The zero-order valence-corrected chi connectivity index (χ0v) is 9.32. The molecule has 0 aromatic carbocycles. The highest BCUT2D eigenvalue weighted by atomic mass is 16.7. The van der Waals surface area contributed by atoms with Crippen LogP contribution in [-0.2, 0) is 4.84 Å². The van der Waals surface area contributed by atoms with Crippen LogP contribution in [0.5, 0.6) is 0 Å². The monoisotopic (exact) mass is 218 g/mol. The van der Waals surface area contributed by atoms with Crippen molar-refractivity contribution in [1.29, 1.82) is 0 Å². The van der Waals surface area contributed by atoms with E-state index in [1.165, 1.54) is 0 Å². The molecule has 0 saturated heterocycles. The summed E-state index contributed by atoms with van der Waals surface area (Å²) in [6, 6.07) is -0.0840. The van der Waals surface area contributed by atoms with Crippen LogP contribution in [0, 0.1) is 0 Å². The summed E-state index contributed by atoms with van der Waals surface area (Å²) in [5.74, 6) is 0. The van der Waals surface area contributed by atoms with Crippen molar-refractivity contribution in [3.05, 3.63) is 0 Å². The van der Waals surface area contributed by atoms with Crippen LogP contribution in [0.2, 0.25) is 0 Å². The van der Waals surface area contributed by atoms with Gasteiger partial charge in [0.2, 0.25) is 0 Å². The second-order valence-corrected chi connectivity index (χ2v) is 3.42. The number of rotatable bonds is 4. The number of hydrogen-bond acceptors (Lipinski definition) is 3. The summed E-state index contributed by atoms with van der Waals surface area (Å²) >= 11 is 0. The third-order valence-electron chi connectivity index (χ3n) is 1.53. The van der Waals surface area contributed by atoms with Crippen molar-refractivity contribution >= 4 is 12.2 Å². The number of amides is 2. The number of hydrogen-bond donors (Lipinski definition) is 2. The molecule has 15 heavy (non-hydrogen) atoms. The van der Waals surface area contributed by atoms with Crippen molar-refractivity contribution < 1.29 is 19.5 Å². The van der Waals surface area contributed by atoms with E-state index in [0.29, 0.717) is 11.5 Å². The fraction of sp³-hybridized carbons (Fsp3) is 0.778. The Hall–Kier alpha value is -1.46. The van der Waals surface area contributed by atoms with Gasteiger partial charge < -0.3 is 15.3 Å². The lowest BCUT2D eigenvalue weighted by atomic mass is 10.3. The zero-order chi connectivity index (χ0) is 11.8. The van der Waals surface area contributed by atoms with E-state index in [1.807, 2.05) is 6.92 Å². The summed E-state index contributed by atoms with van der Waals surface area (Å²) in [6.07, 6.45) is -0.522. The number of nitrogens with one attached hydrogen (secondary N) is 1. The summed E-state index contributed by atoms with van der Waals surface area (Å²) < 4.78 is 0. The molecule has 2 N–H and O–H groups in total. The quantitative estimate of drug-likeness (QED) is 0.705. The highest BCUT2D eigenvalue weighted by molar-refractivity contribution is 5.71. The molecule has 0 saturated carbocycles. The lowest BCUT2D eigenvalue weighted by molar-refractivity contribution is -0.0763. The molecule has 0 aromatic heterocycles. The standard InChI is InChI=1S/C9H18N2O4/c1-4-5-6-11(9(13)14)15-8(12)10-7(2)3/h7H,4-6H2,1-3H3,(H,10,12)(H,13,14). The molecular weight excluding hydrogens is 200 g/mol. The molecule has 0 aromatic rings. The van der Waals surface area contributed by atoms with Crippen LogP contribution in [0.1, 0.15) is 33.6 Å². The normalized spacial score (nSPS) is 9.87. The van der Waals surface area contributed by atoms with Gasteiger partial charge in [-0.2, -0.15) is 0 Å². The Labute approximate surface area is 89.2 Å². The minimum Gasteiger partial charge on any atom is -0.463 e. The van der Waals surface area contributed by atoms with Crippen LogP contribution in [0.25, 0.3) is 0 Å². The summed E-state index contributed by atoms with van der Waals surface area (Å²) in [5.41, 5.74) is 0. The molecule has 0 aliphatic carbocycles. The van der Waals surface area contributed by atoms with Crippen LogP contribution in [0.4, 0.5) is 9.59 Å². The Balaban J connectivity index is 4.04. The zero-order valence-electron chi connectivity index (χ0n) is 9.32. The van der Waals surface area contributed by atoms with Gasteiger partial charge in [-0.1, -0.05) is 13.3 Å². The molecule has 88 valence electrons. The summed E-state index contributed by atoms with van der Waals surface area (Å²) in [5, 5.41) is 11.8. The minimum absolute atomic E-state index is 0.0840. The van der Waals surface area contributed by atoms with Gasteiger partial charge in [0.15, 0.2) is 0 Å². The topological polar surface area (TPSA) is 78.9 Å². The van der Waals surface area contributed by atoms with E-state index in [1.54, 1.807) is 13.8 Å². The first-order valence-electron chi connectivity index (χ1n) is 4.96. The van der Waals surface area contributed by atoms with Crippen LogP contribution < -0.4 is 5.32 Å². The van der Waals surface area contributed by atoms with Crippen molar-refractivity contribution in [2.45, 2.75) is 39.7 Å². The predicted molar refractivity (Wildman–Crippen MR) is 54.4 cm³/mol. The van der Waals surface area contributed by atoms with Gasteiger partial charge in [0.05, 0.1) is 6.54 Å². The van der Waals surface area contributed by atoms with Gasteiger partial charge in [-0.25, -0.2) is 9.59 Å². The fourth-order valence-electron chi connectivity index (χ4n) is 0.844. The maximum atomic E-state index is 11.1. The maximum Gasteiger partial charge on any atom is 0.440 e. The Bertz CT molecular complexity index is 218. The maximum absolute atomic E-state index is 11.1. The third kappa shape index (κ3) is 6.59. The molecule has 0 heterocycles. The second-order valence-electron chi connectivity index (χ2n) is 3.42. The van der Waals surface area contributed by atoms with Crippen molar-refractivity contribution in [2.75, 3.05) is 6.54 Å². The number of carbonyl (C=O) groups excluding carboxylic acids is 1. The van der Waals surface area contributed by atoms with Gasteiger partial charge in [0.1, 0.15) is 0 Å². The van der Waals surface area contributed by atoms with Crippen molar-refractivity contribution in [3.8, 4) is 0 Å². The predicted octanol–water partition coefficient (Wildman–Crippen LogP) is 1.82. The van der Waals surface area contributed by atoms with Gasteiger partial charge in [-0.3, -0.25) is 0 Å². The number of nitrogens with zero attached hydrogens (tertiary/aromatic N) is 1. The lowest BCUT2D eigenvalue weighted by Crippen LogP contribution is -2.39. The molecule has 0 bridgehead atoms. The molecule has 0 aliphatic rings. The average Bonchev–Trinajstić information content (AvgIpc) is 2.10. The lowest BCUT2D eigenvalue weighted by Gasteiger charge is -2.18. The largest absolute Gasteiger partial charge is 0.463 e. The molecule has 0 rings (SSSR count). The summed E-state index contributed by atoms with van der Waals surface area (Å²) in [6.45, 7) is 5.64. The molecule has 6 heteroatoms. The molecule has 6 nitrogen and oxygen atoms in total. The van der Waals surface area contributed by atoms with Crippen molar-refractivity contribution in [1.82, 2.24) is 10.4 Å². The molecule has 0 unspecified atom stereocenters. The molecule has 0 spiro atoms. The average molecular weight is 218 g/mol. The van der Waals surface area contributed by atoms with Gasteiger partial charge in [0, 0.05) is 6.04 Å². The van der Waals surface area contributed by atoms with Crippen molar-refractivity contribution in [3.63, 3.8) is 0 Å². The molecule has 2 amide bonds. The minimum atomic E-state index is -1.26. The highest BCUT2D eigenvalue weighted by Gasteiger charge is 2.17. The third-order valence-corrected chi connectivity index (χ3v) is 1.53. The van der Waals surface area contributed by atoms with Crippen LogP contribution in [-0.4, -0.2) is 34.9 Å². The van der Waals surface area contributed by atoms with E-state index in [4.69, 9.17) is 5.11 Å². The first-order chi connectivity index (χ1) is 6.97. The highest BCUT2D eigenvalue weighted by Crippen LogP contribution is 1.98. The fourth-order valence-corrected chi connectivity index (χ4v) is 0.844. The van der Waals surface area contributed by atoms with E-state index in [9.17, 15) is 9.59 Å². The number of carbonyl (C=O) groups is 2. The number of hydroxylamine groups is 2. The number of carboxylic acid groups (broad SMARTS) is 1. The van der Waals surface area contributed by atoms with E-state index in [2.05, 4.69) is 10.2 Å². The Morgan fingerprint density at radius 1 is 1.47 bits per heavy atom. The first kappa shape index (κ1) is 13.5. The van der Waals surface area contributed by atoms with Crippen LogP contribution >= 0.6 is 0 Å². The van der Waals surface area contributed by atoms with Gasteiger partial charge >= 0.3 is 12.2 Å². The molecular formula is C9H18N2O4. The molecule has 0 radical (unpaired) electrons. The molecule has 0 fully saturated rings. The van der Waals surface area contributed by atoms with E-state index in [-0.39, 0.29) is 12.6 Å². The van der Waals surface area contributed by atoms with E-state index >= 15 is 0 Å². The summed E-state index contributed by atoms with van der Waals surface area (Å²) in [4.78, 5) is 26.3.